The Labute approximate surface area is 105 Å². The second-order valence-corrected chi connectivity index (χ2v) is 3.58. The maximum absolute atomic E-state index is 11.7. The van der Waals surface area contributed by atoms with Crippen LogP contribution in [0.3, 0.4) is 0 Å². The van der Waals surface area contributed by atoms with Gasteiger partial charge in [0.15, 0.2) is 0 Å². The van der Waals surface area contributed by atoms with Gasteiger partial charge in [0, 0.05) is 0 Å². The lowest BCUT2D eigenvalue weighted by Crippen LogP contribution is -2.06. The molecule has 0 atom stereocenters. The Morgan fingerprint density at radius 1 is 1.39 bits per heavy atom. The normalized spacial score (nSPS) is 11.6. The van der Waals surface area contributed by atoms with E-state index in [2.05, 4.69) is 5.16 Å². The molecule has 0 saturated heterocycles. The Balaban J connectivity index is 3.31. The van der Waals surface area contributed by atoms with Gasteiger partial charge in [0.05, 0.1) is 26.7 Å². The summed E-state index contributed by atoms with van der Waals surface area (Å²) in [4.78, 5) is 11.7. The molecule has 0 saturated carbocycles. The predicted molar refractivity (Wildman–Crippen MR) is 67.6 cm³/mol. The van der Waals surface area contributed by atoms with Gasteiger partial charge in [-0.25, -0.2) is 4.79 Å². The van der Waals surface area contributed by atoms with Gasteiger partial charge in [-0.15, -0.1) is 0 Å². The minimum atomic E-state index is -0.488. The average Bonchev–Trinajstić information content (AvgIpc) is 2.38. The van der Waals surface area contributed by atoms with Gasteiger partial charge in [0.1, 0.15) is 5.57 Å². The first-order valence-electron chi connectivity index (χ1n) is 5.23. The van der Waals surface area contributed by atoms with E-state index >= 15 is 0 Å². The zero-order valence-corrected chi connectivity index (χ0v) is 10.5. The monoisotopic (exact) mass is 249 g/mol. The summed E-state index contributed by atoms with van der Waals surface area (Å²) in [5, 5.41) is 11.5. The summed E-state index contributed by atoms with van der Waals surface area (Å²) in [6.45, 7) is 1.86. The van der Waals surface area contributed by atoms with Gasteiger partial charge in [-0.2, -0.15) is 0 Å². The highest BCUT2D eigenvalue weighted by Gasteiger charge is 2.15. The van der Waals surface area contributed by atoms with Crippen molar-refractivity contribution in [2.45, 2.75) is 6.92 Å². The van der Waals surface area contributed by atoms with Gasteiger partial charge in [0.25, 0.3) is 0 Å². The number of hydrogen-bond donors (Lipinski definition) is 1. The topological polar surface area (TPSA) is 68.1 Å². The van der Waals surface area contributed by atoms with Crippen molar-refractivity contribution in [3.05, 3.63) is 41.2 Å². The molecule has 1 aromatic carbocycles. The number of benzene rings is 1. The fraction of sp³-hybridized carbons (Fsp3) is 0.231. The number of carbonyl (C=O) groups is 1. The standard InChI is InChI=1S/C13H15NO4/c1-9-4-5-10(7-14-16)6-11(9)12(8-17-2)13(15)18-3/h4-8,16H,1-3H3/b12-8+,14-7?. The van der Waals surface area contributed by atoms with E-state index in [9.17, 15) is 4.79 Å². The van der Waals surface area contributed by atoms with Crippen LogP contribution in [-0.4, -0.2) is 31.6 Å². The highest BCUT2D eigenvalue weighted by atomic mass is 16.5. The van der Waals surface area contributed by atoms with Crippen LogP contribution < -0.4 is 0 Å². The predicted octanol–water partition coefficient (Wildman–Crippen LogP) is 1.96. The molecule has 0 heterocycles. The van der Waals surface area contributed by atoms with Crippen LogP contribution in [-0.2, 0) is 14.3 Å². The SMILES string of the molecule is CO/C=C(/C(=O)OC)c1cc(C=NO)ccc1C. The minimum absolute atomic E-state index is 0.311. The molecule has 5 nitrogen and oxygen atoms in total. The van der Waals surface area contributed by atoms with Crippen LogP contribution in [0.1, 0.15) is 16.7 Å². The van der Waals surface area contributed by atoms with Crippen LogP contribution in [0, 0.1) is 6.92 Å². The number of methoxy groups -OCH3 is 2. The van der Waals surface area contributed by atoms with Gasteiger partial charge >= 0.3 is 5.97 Å². The molecule has 0 aliphatic carbocycles. The van der Waals surface area contributed by atoms with Crippen molar-refractivity contribution in [1.29, 1.82) is 0 Å². The van der Waals surface area contributed by atoms with Crippen molar-refractivity contribution >= 4 is 17.8 Å². The largest absolute Gasteiger partial charge is 0.503 e. The number of carbonyl (C=O) groups excluding carboxylic acids is 1. The quantitative estimate of drug-likeness (QED) is 0.221. The van der Waals surface area contributed by atoms with Gasteiger partial charge in [0.2, 0.25) is 0 Å². The number of esters is 1. The van der Waals surface area contributed by atoms with Crippen molar-refractivity contribution in [1.82, 2.24) is 0 Å². The van der Waals surface area contributed by atoms with Gasteiger partial charge in [-0.3, -0.25) is 0 Å². The lowest BCUT2D eigenvalue weighted by Gasteiger charge is -2.09. The summed E-state index contributed by atoms with van der Waals surface area (Å²) >= 11 is 0. The van der Waals surface area contributed by atoms with Crippen molar-refractivity contribution in [3.63, 3.8) is 0 Å². The third-order valence-corrected chi connectivity index (χ3v) is 2.40. The lowest BCUT2D eigenvalue weighted by atomic mass is 9.99. The third kappa shape index (κ3) is 3.10. The zero-order chi connectivity index (χ0) is 13.5. The van der Waals surface area contributed by atoms with Crippen LogP contribution in [0.15, 0.2) is 29.6 Å². The Hall–Kier alpha value is -2.30. The summed E-state index contributed by atoms with van der Waals surface area (Å²) in [6, 6.07) is 5.32. The van der Waals surface area contributed by atoms with Crippen molar-refractivity contribution in [3.8, 4) is 0 Å². The van der Waals surface area contributed by atoms with Crippen LogP contribution in [0.25, 0.3) is 5.57 Å². The maximum atomic E-state index is 11.7. The molecule has 0 fully saturated rings. The van der Waals surface area contributed by atoms with E-state index in [0.29, 0.717) is 16.7 Å². The summed E-state index contributed by atoms with van der Waals surface area (Å²) in [6.07, 6.45) is 2.61. The number of ether oxygens (including phenoxy) is 2. The Bertz CT molecular complexity index is 492. The molecule has 0 unspecified atom stereocenters. The Morgan fingerprint density at radius 3 is 2.67 bits per heavy atom. The summed E-state index contributed by atoms with van der Waals surface area (Å²) in [7, 11) is 2.76. The van der Waals surface area contributed by atoms with Crippen LogP contribution in [0.4, 0.5) is 0 Å². The van der Waals surface area contributed by atoms with Crippen molar-refractivity contribution in [2.24, 2.45) is 5.16 Å². The average molecular weight is 249 g/mol. The smallest absolute Gasteiger partial charge is 0.341 e. The minimum Gasteiger partial charge on any atom is -0.503 e. The van der Waals surface area contributed by atoms with Crippen LogP contribution in [0.2, 0.25) is 0 Å². The van der Waals surface area contributed by atoms with E-state index in [0.717, 1.165) is 5.56 Å². The molecule has 18 heavy (non-hydrogen) atoms. The molecule has 1 N–H and O–H groups in total. The molecule has 0 amide bonds. The number of oxime groups is 1. The Morgan fingerprint density at radius 2 is 2.11 bits per heavy atom. The number of aryl methyl sites for hydroxylation is 1. The molecular formula is C13H15NO4. The fourth-order valence-electron chi connectivity index (χ4n) is 1.53. The van der Waals surface area contributed by atoms with E-state index in [1.807, 2.05) is 13.0 Å². The molecule has 5 heteroatoms. The number of rotatable bonds is 4. The molecule has 96 valence electrons. The molecule has 0 spiro atoms. The van der Waals surface area contributed by atoms with Gasteiger partial charge in [-0.05, 0) is 29.7 Å². The van der Waals surface area contributed by atoms with Gasteiger partial charge in [-0.1, -0.05) is 17.3 Å². The molecule has 0 aliphatic heterocycles. The van der Waals surface area contributed by atoms with E-state index in [-0.39, 0.29) is 0 Å². The van der Waals surface area contributed by atoms with Crippen molar-refractivity contribution in [2.75, 3.05) is 14.2 Å². The maximum Gasteiger partial charge on any atom is 0.341 e. The number of hydrogen-bond acceptors (Lipinski definition) is 5. The molecule has 1 aromatic rings. The first-order valence-corrected chi connectivity index (χ1v) is 5.23. The molecule has 1 rings (SSSR count). The fourth-order valence-corrected chi connectivity index (χ4v) is 1.53. The second kappa shape index (κ2) is 6.44. The highest BCUT2D eigenvalue weighted by Crippen LogP contribution is 2.21. The molecular weight excluding hydrogens is 234 g/mol. The number of nitrogens with zero attached hydrogens (tertiary/aromatic N) is 1. The van der Waals surface area contributed by atoms with E-state index < -0.39 is 5.97 Å². The lowest BCUT2D eigenvalue weighted by molar-refractivity contribution is -0.133. The third-order valence-electron chi connectivity index (χ3n) is 2.40. The van der Waals surface area contributed by atoms with Crippen molar-refractivity contribution < 1.29 is 19.5 Å². The first kappa shape index (κ1) is 13.8. The molecule has 0 radical (unpaired) electrons. The second-order valence-electron chi connectivity index (χ2n) is 3.58. The summed E-state index contributed by atoms with van der Waals surface area (Å²) < 4.78 is 9.59. The molecule has 0 aliphatic rings. The van der Waals surface area contributed by atoms with Crippen LogP contribution >= 0.6 is 0 Å². The van der Waals surface area contributed by atoms with E-state index in [1.165, 1.54) is 26.7 Å². The molecule has 0 aromatic heterocycles. The molecule has 0 bridgehead atoms. The summed E-state index contributed by atoms with van der Waals surface area (Å²) in [5.74, 6) is -0.488. The van der Waals surface area contributed by atoms with E-state index in [1.54, 1.807) is 12.1 Å². The first-order chi connectivity index (χ1) is 8.63. The highest BCUT2D eigenvalue weighted by molar-refractivity contribution is 6.16. The summed E-state index contributed by atoms with van der Waals surface area (Å²) in [5.41, 5.74) is 2.54. The zero-order valence-electron chi connectivity index (χ0n) is 10.5. The van der Waals surface area contributed by atoms with E-state index in [4.69, 9.17) is 14.7 Å². The van der Waals surface area contributed by atoms with Gasteiger partial charge < -0.3 is 14.7 Å². The van der Waals surface area contributed by atoms with Crippen LogP contribution in [0.5, 0.6) is 0 Å². The Kier molecular flexibility index (Phi) is 4.92.